The minimum atomic E-state index is -4.39. The lowest BCUT2D eigenvalue weighted by Gasteiger charge is -2.31. The number of aromatic amines is 1. The number of hydrogen-bond donors (Lipinski definition) is 2. The summed E-state index contributed by atoms with van der Waals surface area (Å²) in [5, 5.41) is 2.97. The highest BCUT2D eigenvalue weighted by atomic mass is 19.4. The fourth-order valence-electron chi connectivity index (χ4n) is 2.45. The lowest BCUT2D eigenvalue weighted by atomic mass is 10.0. The Morgan fingerprint density at radius 2 is 2.24 bits per heavy atom. The van der Waals surface area contributed by atoms with Crippen molar-refractivity contribution in [3.8, 4) is 0 Å². The van der Waals surface area contributed by atoms with Gasteiger partial charge in [-0.1, -0.05) is 13.8 Å². The van der Waals surface area contributed by atoms with Crippen LogP contribution in [0.15, 0.2) is 6.33 Å². The Hall–Kier alpha value is -1.57. The van der Waals surface area contributed by atoms with Crippen LogP contribution >= 0.6 is 0 Å². The first-order chi connectivity index (χ1) is 9.76. The van der Waals surface area contributed by atoms with Crippen molar-refractivity contribution in [1.82, 2.24) is 20.2 Å². The summed E-state index contributed by atoms with van der Waals surface area (Å²) in [6.45, 7) is 2.86. The predicted molar refractivity (Wildman–Crippen MR) is 70.4 cm³/mol. The van der Waals surface area contributed by atoms with Crippen LogP contribution in [0.1, 0.15) is 25.2 Å². The number of H-pyrrole nitrogens is 1. The van der Waals surface area contributed by atoms with Crippen molar-refractivity contribution in [3.63, 3.8) is 0 Å². The lowest BCUT2D eigenvalue weighted by Crippen LogP contribution is -2.52. The van der Waals surface area contributed by atoms with E-state index in [0.29, 0.717) is 13.0 Å². The first-order valence-electron chi connectivity index (χ1n) is 6.86. The molecule has 21 heavy (non-hydrogen) atoms. The average molecular weight is 304 g/mol. The van der Waals surface area contributed by atoms with Gasteiger partial charge in [0.2, 0.25) is 5.91 Å². The molecule has 0 saturated heterocycles. The van der Waals surface area contributed by atoms with Crippen LogP contribution in [0.25, 0.3) is 0 Å². The molecule has 1 aromatic heterocycles. The highest BCUT2D eigenvalue weighted by Gasteiger charge is 2.36. The van der Waals surface area contributed by atoms with E-state index in [2.05, 4.69) is 15.3 Å². The molecule has 118 valence electrons. The van der Waals surface area contributed by atoms with Gasteiger partial charge in [0.1, 0.15) is 6.54 Å². The molecule has 8 heteroatoms. The van der Waals surface area contributed by atoms with Crippen LogP contribution in [0.3, 0.4) is 0 Å². The van der Waals surface area contributed by atoms with E-state index in [1.54, 1.807) is 13.8 Å². The number of rotatable bonds is 4. The molecule has 2 N–H and O–H groups in total. The van der Waals surface area contributed by atoms with Gasteiger partial charge in [-0.2, -0.15) is 13.2 Å². The fourth-order valence-corrected chi connectivity index (χ4v) is 2.45. The first-order valence-corrected chi connectivity index (χ1v) is 6.86. The molecular formula is C13H19F3N4O. The molecule has 0 saturated carbocycles. The van der Waals surface area contributed by atoms with Crippen LogP contribution in [-0.2, 0) is 17.8 Å². The predicted octanol–water partition coefficient (Wildman–Crippen LogP) is 1.47. The number of imidazole rings is 1. The summed E-state index contributed by atoms with van der Waals surface area (Å²) in [5.74, 6) is -0.546. The Labute approximate surface area is 120 Å². The third kappa shape index (κ3) is 4.20. The number of fused-ring (bicyclic) bond motifs is 1. The van der Waals surface area contributed by atoms with Crippen molar-refractivity contribution in [2.45, 2.75) is 39.0 Å². The third-order valence-corrected chi connectivity index (χ3v) is 3.30. The Morgan fingerprint density at radius 3 is 2.86 bits per heavy atom. The van der Waals surface area contributed by atoms with E-state index in [0.717, 1.165) is 16.3 Å². The summed E-state index contributed by atoms with van der Waals surface area (Å²) in [6.07, 6.45) is -2.55. The molecule has 1 atom stereocenters. The summed E-state index contributed by atoms with van der Waals surface area (Å²) in [5.41, 5.74) is 1.62. The maximum Gasteiger partial charge on any atom is 0.406 e. The van der Waals surface area contributed by atoms with Crippen molar-refractivity contribution < 1.29 is 18.0 Å². The highest BCUT2D eigenvalue weighted by molar-refractivity contribution is 5.82. The van der Waals surface area contributed by atoms with Gasteiger partial charge in [-0.05, 0) is 5.92 Å². The van der Waals surface area contributed by atoms with Gasteiger partial charge in [0.25, 0.3) is 0 Å². The molecule has 0 radical (unpaired) electrons. The third-order valence-electron chi connectivity index (χ3n) is 3.30. The van der Waals surface area contributed by atoms with Gasteiger partial charge >= 0.3 is 6.18 Å². The topological polar surface area (TPSA) is 61.0 Å². The number of aromatic nitrogens is 2. The number of amides is 1. The zero-order valence-corrected chi connectivity index (χ0v) is 12.0. The Morgan fingerprint density at radius 1 is 1.52 bits per heavy atom. The standard InChI is InChI=1S/C13H19F3N4O/c1-8(2)5-20(6-13(14,15)16)12(21)10-3-9-11(4-17-10)19-7-18-9/h7-8,10,17H,3-6H2,1-2H3,(H,18,19). The van der Waals surface area contributed by atoms with Gasteiger partial charge in [0.15, 0.2) is 0 Å². The van der Waals surface area contributed by atoms with Gasteiger partial charge in [-0.15, -0.1) is 0 Å². The van der Waals surface area contributed by atoms with E-state index in [9.17, 15) is 18.0 Å². The normalized spacial score (nSPS) is 18.7. The van der Waals surface area contributed by atoms with E-state index >= 15 is 0 Å². The molecule has 0 fully saturated rings. The van der Waals surface area contributed by atoms with E-state index in [1.807, 2.05) is 0 Å². The molecule has 0 aliphatic carbocycles. The van der Waals surface area contributed by atoms with Crippen molar-refractivity contribution in [2.75, 3.05) is 13.1 Å². The molecule has 0 spiro atoms. The van der Waals surface area contributed by atoms with Gasteiger partial charge in [-0.25, -0.2) is 4.98 Å². The van der Waals surface area contributed by atoms with E-state index < -0.39 is 24.7 Å². The molecule has 0 aromatic carbocycles. The second kappa shape index (κ2) is 6.05. The molecule has 2 heterocycles. The number of nitrogens with zero attached hydrogens (tertiary/aromatic N) is 2. The van der Waals surface area contributed by atoms with Crippen LogP contribution < -0.4 is 5.32 Å². The number of nitrogens with one attached hydrogen (secondary N) is 2. The van der Waals surface area contributed by atoms with Crippen molar-refractivity contribution in [2.24, 2.45) is 5.92 Å². The number of carbonyl (C=O) groups is 1. The molecule has 0 bridgehead atoms. The van der Waals surface area contributed by atoms with E-state index in [-0.39, 0.29) is 12.5 Å². The molecule has 1 aliphatic rings. The zero-order valence-electron chi connectivity index (χ0n) is 12.0. The smallest absolute Gasteiger partial charge is 0.347 e. The van der Waals surface area contributed by atoms with Gasteiger partial charge in [0.05, 0.1) is 23.8 Å². The molecule has 1 aromatic rings. The minimum absolute atomic E-state index is 0.0270. The quantitative estimate of drug-likeness (QED) is 0.885. The summed E-state index contributed by atoms with van der Waals surface area (Å²) in [6, 6.07) is -0.651. The maximum atomic E-state index is 12.6. The van der Waals surface area contributed by atoms with Crippen LogP contribution in [-0.4, -0.2) is 46.1 Å². The Bertz CT molecular complexity index is 498. The highest BCUT2D eigenvalue weighted by Crippen LogP contribution is 2.20. The van der Waals surface area contributed by atoms with Crippen LogP contribution in [0.2, 0.25) is 0 Å². The number of carbonyl (C=O) groups excluding carboxylic acids is 1. The van der Waals surface area contributed by atoms with Crippen molar-refractivity contribution in [1.29, 1.82) is 0 Å². The monoisotopic (exact) mass is 304 g/mol. The van der Waals surface area contributed by atoms with Crippen LogP contribution in [0, 0.1) is 5.92 Å². The second-order valence-electron chi connectivity index (χ2n) is 5.69. The molecular weight excluding hydrogens is 285 g/mol. The summed E-state index contributed by atoms with van der Waals surface area (Å²) >= 11 is 0. The molecule has 1 amide bonds. The average Bonchev–Trinajstić information content (AvgIpc) is 2.81. The Balaban J connectivity index is 2.07. The van der Waals surface area contributed by atoms with Crippen LogP contribution in [0.4, 0.5) is 13.2 Å². The van der Waals surface area contributed by atoms with E-state index in [1.165, 1.54) is 6.33 Å². The second-order valence-corrected chi connectivity index (χ2v) is 5.69. The number of hydrogen-bond acceptors (Lipinski definition) is 3. The SMILES string of the molecule is CC(C)CN(CC(F)(F)F)C(=O)C1Cc2nc[nH]c2CN1. The van der Waals surface area contributed by atoms with Gasteiger partial charge in [-0.3, -0.25) is 10.1 Å². The van der Waals surface area contributed by atoms with E-state index in [4.69, 9.17) is 0 Å². The van der Waals surface area contributed by atoms with Crippen LogP contribution in [0.5, 0.6) is 0 Å². The summed E-state index contributed by atoms with van der Waals surface area (Å²) < 4.78 is 37.9. The molecule has 1 unspecified atom stereocenters. The summed E-state index contributed by atoms with van der Waals surface area (Å²) in [7, 11) is 0. The van der Waals surface area contributed by atoms with Crippen molar-refractivity contribution in [3.05, 3.63) is 17.7 Å². The van der Waals surface area contributed by atoms with Gasteiger partial charge in [0, 0.05) is 19.5 Å². The molecule has 1 aliphatic heterocycles. The number of halogens is 3. The zero-order chi connectivity index (χ0) is 15.6. The molecule has 2 rings (SSSR count). The van der Waals surface area contributed by atoms with Gasteiger partial charge < -0.3 is 9.88 Å². The number of alkyl halides is 3. The summed E-state index contributed by atoms with van der Waals surface area (Å²) in [4.78, 5) is 20.3. The maximum absolute atomic E-state index is 12.6. The Kier molecular flexibility index (Phi) is 4.55. The first kappa shape index (κ1) is 15.8. The lowest BCUT2D eigenvalue weighted by molar-refractivity contribution is -0.163. The largest absolute Gasteiger partial charge is 0.406 e. The fraction of sp³-hybridized carbons (Fsp3) is 0.692. The molecule has 5 nitrogen and oxygen atoms in total. The minimum Gasteiger partial charge on any atom is -0.347 e. The van der Waals surface area contributed by atoms with Crippen molar-refractivity contribution >= 4 is 5.91 Å².